The normalized spacial score (nSPS) is 24.5. The number of nitrogens with zero attached hydrogens (tertiary/aromatic N) is 1. The number of rotatable bonds is 4. The highest BCUT2D eigenvalue weighted by atomic mass is 32.2. The smallest absolute Gasteiger partial charge is 0.311 e. The van der Waals surface area contributed by atoms with Crippen molar-refractivity contribution in [1.29, 1.82) is 0 Å². The molecular formula is C11H14N2O6S. The van der Waals surface area contributed by atoms with Crippen molar-refractivity contribution in [2.45, 2.75) is 18.8 Å². The first-order chi connectivity index (χ1) is 9.32. The average molecular weight is 302 g/mol. The molecule has 1 heterocycles. The van der Waals surface area contributed by atoms with Gasteiger partial charge in [-0.3, -0.25) is 10.1 Å². The zero-order valence-electron chi connectivity index (χ0n) is 10.4. The summed E-state index contributed by atoms with van der Waals surface area (Å²) >= 11 is 0. The first kappa shape index (κ1) is 14.7. The van der Waals surface area contributed by atoms with Gasteiger partial charge < -0.3 is 15.6 Å². The van der Waals surface area contributed by atoms with Crippen LogP contribution in [0, 0.1) is 10.1 Å². The third-order valence-corrected chi connectivity index (χ3v) is 4.69. The third-order valence-electron chi connectivity index (χ3n) is 3.01. The van der Waals surface area contributed by atoms with E-state index in [1.54, 1.807) is 6.07 Å². The molecule has 1 saturated heterocycles. The molecule has 1 aliphatic heterocycles. The van der Waals surface area contributed by atoms with Crippen LogP contribution in [0.3, 0.4) is 0 Å². The fraction of sp³-hybridized carbons (Fsp3) is 0.455. The quantitative estimate of drug-likeness (QED) is 0.570. The van der Waals surface area contributed by atoms with Crippen molar-refractivity contribution in [3.05, 3.63) is 33.9 Å². The molecule has 1 aromatic rings. The Bertz CT molecular complexity index is 630. The van der Waals surface area contributed by atoms with E-state index in [2.05, 4.69) is 0 Å². The van der Waals surface area contributed by atoms with Crippen molar-refractivity contribution in [2.24, 2.45) is 5.73 Å². The maximum atomic E-state index is 11.4. The van der Waals surface area contributed by atoms with Crippen LogP contribution in [0.2, 0.25) is 0 Å². The van der Waals surface area contributed by atoms with Crippen LogP contribution in [0.4, 0.5) is 5.69 Å². The van der Waals surface area contributed by atoms with Gasteiger partial charge in [0.05, 0.1) is 16.4 Å². The van der Waals surface area contributed by atoms with Crippen LogP contribution in [0.25, 0.3) is 0 Å². The molecule has 0 amide bonds. The summed E-state index contributed by atoms with van der Waals surface area (Å²) in [5.41, 5.74) is 5.66. The Hall–Kier alpha value is -1.71. The van der Waals surface area contributed by atoms with Gasteiger partial charge in [0.2, 0.25) is 0 Å². The minimum Gasteiger partial charge on any atom is -0.480 e. The Morgan fingerprint density at radius 2 is 2.15 bits per heavy atom. The van der Waals surface area contributed by atoms with E-state index >= 15 is 0 Å². The highest BCUT2D eigenvalue weighted by Gasteiger charge is 2.39. The van der Waals surface area contributed by atoms with Crippen molar-refractivity contribution in [3.8, 4) is 5.75 Å². The van der Waals surface area contributed by atoms with Gasteiger partial charge in [0.25, 0.3) is 0 Å². The predicted molar refractivity (Wildman–Crippen MR) is 70.1 cm³/mol. The molecule has 20 heavy (non-hydrogen) atoms. The standard InChI is InChI=1S/C11H14N2O6S/c12-4-7-1-2-10(8(3-7)13(15)16)19-11-6-20(17,18)5-9(11)14/h1-3,9,11,14H,4-6,12H2. The minimum absolute atomic E-state index is 0.0756. The van der Waals surface area contributed by atoms with E-state index in [0.29, 0.717) is 5.56 Å². The maximum Gasteiger partial charge on any atom is 0.311 e. The Morgan fingerprint density at radius 3 is 2.65 bits per heavy atom. The van der Waals surface area contributed by atoms with E-state index in [1.165, 1.54) is 12.1 Å². The molecule has 110 valence electrons. The number of nitro benzene ring substituents is 1. The number of nitrogens with two attached hydrogens (primary N) is 1. The summed E-state index contributed by atoms with van der Waals surface area (Å²) in [5.74, 6) is -0.829. The molecule has 0 saturated carbocycles. The lowest BCUT2D eigenvalue weighted by atomic mass is 10.2. The van der Waals surface area contributed by atoms with Gasteiger partial charge in [0.1, 0.15) is 12.2 Å². The molecule has 0 radical (unpaired) electrons. The van der Waals surface area contributed by atoms with Crippen molar-refractivity contribution in [1.82, 2.24) is 0 Å². The number of benzene rings is 1. The van der Waals surface area contributed by atoms with Crippen molar-refractivity contribution in [3.63, 3.8) is 0 Å². The maximum absolute atomic E-state index is 11.4. The van der Waals surface area contributed by atoms with Gasteiger partial charge in [-0.05, 0) is 11.6 Å². The molecule has 2 unspecified atom stereocenters. The number of hydrogen-bond acceptors (Lipinski definition) is 7. The molecule has 0 aromatic heterocycles. The lowest BCUT2D eigenvalue weighted by Crippen LogP contribution is -2.30. The van der Waals surface area contributed by atoms with Crippen molar-refractivity contribution in [2.75, 3.05) is 11.5 Å². The molecule has 0 bridgehead atoms. The van der Waals surface area contributed by atoms with Crippen molar-refractivity contribution >= 4 is 15.5 Å². The van der Waals surface area contributed by atoms with Crippen LogP contribution in [0.15, 0.2) is 18.2 Å². The largest absolute Gasteiger partial charge is 0.480 e. The fourth-order valence-corrected chi connectivity index (χ4v) is 3.67. The Morgan fingerprint density at radius 1 is 1.45 bits per heavy atom. The summed E-state index contributed by atoms with van der Waals surface area (Å²) in [4.78, 5) is 10.3. The van der Waals surface area contributed by atoms with Crippen LogP contribution in [-0.4, -0.2) is 42.2 Å². The van der Waals surface area contributed by atoms with E-state index in [0.717, 1.165) is 0 Å². The summed E-state index contributed by atoms with van der Waals surface area (Å²) in [5, 5.41) is 20.6. The molecule has 1 aromatic carbocycles. The number of ether oxygens (including phenoxy) is 1. The van der Waals surface area contributed by atoms with E-state index in [4.69, 9.17) is 10.5 Å². The predicted octanol–water partition coefficient (Wildman–Crippen LogP) is -0.410. The average Bonchev–Trinajstić information content (AvgIpc) is 2.62. The van der Waals surface area contributed by atoms with Gasteiger partial charge in [-0.15, -0.1) is 0 Å². The van der Waals surface area contributed by atoms with Crippen LogP contribution in [0.5, 0.6) is 5.75 Å². The first-order valence-corrected chi connectivity index (χ1v) is 7.67. The van der Waals surface area contributed by atoms with E-state index < -0.39 is 32.7 Å². The SMILES string of the molecule is NCc1ccc(OC2CS(=O)(=O)CC2O)c([N+](=O)[O-])c1. The third kappa shape index (κ3) is 3.06. The topological polar surface area (TPSA) is 133 Å². The molecule has 1 aliphatic rings. The molecule has 2 rings (SSSR count). The lowest BCUT2D eigenvalue weighted by Gasteiger charge is -2.15. The number of aliphatic hydroxyl groups excluding tert-OH is 1. The van der Waals surface area contributed by atoms with Gasteiger partial charge in [0.15, 0.2) is 15.6 Å². The van der Waals surface area contributed by atoms with E-state index in [-0.39, 0.29) is 23.7 Å². The van der Waals surface area contributed by atoms with E-state index in [9.17, 15) is 23.6 Å². The van der Waals surface area contributed by atoms with Gasteiger partial charge >= 0.3 is 5.69 Å². The molecule has 9 heteroatoms. The summed E-state index contributed by atoms with van der Waals surface area (Å²) in [6.45, 7) is 0.140. The van der Waals surface area contributed by atoms with Crippen molar-refractivity contribution < 1.29 is 23.2 Å². The van der Waals surface area contributed by atoms with Gasteiger partial charge in [-0.2, -0.15) is 0 Å². The van der Waals surface area contributed by atoms with Crippen LogP contribution in [-0.2, 0) is 16.4 Å². The van der Waals surface area contributed by atoms with Gasteiger partial charge in [-0.25, -0.2) is 8.42 Å². The Labute approximate surface area is 115 Å². The Balaban J connectivity index is 2.28. The molecule has 2 atom stereocenters. The minimum atomic E-state index is -3.38. The second-order valence-electron chi connectivity index (χ2n) is 4.56. The van der Waals surface area contributed by atoms with Crippen LogP contribution < -0.4 is 10.5 Å². The Kier molecular flexibility index (Phi) is 3.93. The second kappa shape index (κ2) is 5.35. The monoisotopic (exact) mass is 302 g/mol. The molecule has 0 aliphatic carbocycles. The summed E-state index contributed by atoms with van der Waals surface area (Å²) < 4.78 is 28.0. The van der Waals surface area contributed by atoms with Gasteiger partial charge in [0, 0.05) is 12.6 Å². The number of hydrogen-bond donors (Lipinski definition) is 2. The zero-order valence-corrected chi connectivity index (χ0v) is 11.2. The summed E-state index contributed by atoms with van der Waals surface area (Å²) in [7, 11) is -3.38. The molecule has 0 spiro atoms. The second-order valence-corrected chi connectivity index (χ2v) is 6.72. The highest BCUT2D eigenvalue weighted by Crippen LogP contribution is 2.30. The van der Waals surface area contributed by atoms with Crippen LogP contribution >= 0.6 is 0 Å². The highest BCUT2D eigenvalue weighted by molar-refractivity contribution is 7.91. The first-order valence-electron chi connectivity index (χ1n) is 5.85. The lowest BCUT2D eigenvalue weighted by molar-refractivity contribution is -0.386. The molecule has 8 nitrogen and oxygen atoms in total. The summed E-state index contributed by atoms with van der Waals surface area (Å²) in [6, 6.07) is 4.18. The van der Waals surface area contributed by atoms with Crippen LogP contribution in [0.1, 0.15) is 5.56 Å². The molecule has 1 fully saturated rings. The fourth-order valence-electron chi connectivity index (χ4n) is 2.00. The summed E-state index contributed by atoms with van der Waals surface area (Å²) in [6.07, 6.45) is -2.18. The van der Waals surface area contributed by atoms with E-state index in [1.807, 2.05) is 0 Å². The number of sulfone groups is 1. The number of aliphatic hydroxyl groups is 1. The van der Waals surface area contributed by atoms with Gasteiger partial charge in [-0.1, -0.05) is 6.07 Å². The molecular weight excluding hydrogens is 288 g/mol. The zero-order chi connectivity index (χ0) is 14.9. The number of nitro groups is 1. The molecule has 3 N–H and O–H groups in total.